The summed E-state index contributed by atoms with van der Waals surface area (Å²) in [6.45, 7) is 5.85. The maximum atomic E-state index is 12.9. The Kier molecular flexibility index (Phi) is 5.15. The van der Waals surface area contributed by atoms with Crippen LogP contribution in [0.3, 0.4) is 0 Å². The summed E-state index contributed by atoms with van der Waals surface area (Å²) in [6.07, 6.45) is 4.56. The van der Waals surface area contributed by atoms with E-state index < -0.39 is 0 Å². The molecule has 1 aromatic heterocycles. The number of nitrogens with zero attached hydrogens (tertiary/aromatic N) is 4. The Labute approximate surface area is 187 Å². The van der Waals surface area contributed by atoms with Gasteiger partial charge in [0, 0.05) is 31.2 Å². The molecule has 0 saturated carbocycles. The van der Waals surface area contributed by atoms with Gasteiger partial charge in [-0.3, -0.25) is 9.69 Å². The molecular formula is C25H29N5O2. The molecule has 2 saturated heterocycles. The molecule has 32 heavy (non-hydrogen) atoms. The van der Waals surface area contributed by atoms with Crippen LogP contribution in [0.1, 0.15) is 58.6 Å². The largest absolute Gasteiger partial charge is 0.330 e. The summed E-state index contributed by atoms with van der Waals surface area (Å²) in [5, 5.41) is 11.3. The Morgan fingerprint density at radius 3 is 2.75 bits per heavy atom. The summed E-state index contributed by atoms with van der Waals surface area (Å²) < 4.78 is 4.81. The van der Waals surface area contributed by atoms with Crippen LogP contribution < -0.4 is 5.32 Å². The monoisotopic (exact) mass is 431 g/mol. The van der Waals surface area contributed by atoms with Gasteiger partial charge in [-0.25, -0.2) is 4.63 Å². The Bertz CT molecular complexity index is 1130. The van der Waals surface area contributed by atoms with Gasteiger partial charge in [-0.1, -0.05) is 18.2 Å². The standard InChI is InChI=1S/C25H29N5O2/c31-25-22-5-4-19(13-20(22)16-30(25)21-2-1-9-26-14-21)18-7-10-29(11-8-18)15-17-3-6-23-24(12-17)28-32-27-23/h3-6,12-13,18,21,26H,1-2,7-11,14-16H2. The van der Waals surface area contributed by atoms with Crippen LogP contribution in [0.2, 0.25) is 0 Å². The molecule has 0 aliphatic carbocycles. The zero-order valence-electron chi connectivity index (χ0n) is 18.3. The smallest absolute Gasteiger partial charge is 0.254 e. The van der Waals surface area contributed by atoms with E-state index in [4.69, 9.17) is 4.63 Å². The zero-order valence-corrected chi connectivity index (χ0v) is 18.3. The molecule has 4 heterocycles. The number of aromatic nitrogens is 2. The second-order valence-corrected chi connectivity index (χ2v) is 9.49. The molecule has 1 amide bonds. The van der Waals surface area contributed by atoms with Gasteiger partial charge >= 0.3 is 0 Å². The van der Waals surface area contributed by atoms with Gasteiger partial charge in [0.05, 0.1) is 0 Å². The van der Waals surface area contributed by atoms with Gasteiger partial charge < -0.3 is 10.2 Å². The van der Waals surface area contributed by atoms with Crippen molar-refractivity contribution in [1.82, 2.24) is 25.4 Å². The fourth-order valence-corrected chi connectivity index (χ4v) is 5.62. The van der Waals surface area contributed by atoms with Gasteiger partial charge in [0.2, 0.25) is 0 Å². The van der Waals surface area contributed by atoms with Crippen molar-refractivity contribution in [3.05, 3.63) is 58.7 Å². The average Bonchev–Trinajstić information content (AvgIpc) is 3.44. The minimum atomic E-state index is 0.217. The quantitative estimate of drug-likeness (QED) is 0.683. The highest BCUT2D eigenvalue weighted by atomic mass is 16.6. The molecule has 1 atom stereocenters. The van der Waals surface area contributed by atoms with Crippen LogP contribution in [-0.2, 0) is 13.1 Å². The van der Waals surface area contributed by atoms with Gasteiger partial charge in [0.1, 0.15) is 11.0 Å². The van der Waals surface area contributed by atoms with E-state index in [9.17, 15) is 4.79 Å². The summed E-state index contributed by atoms with van der Waals surface area (Å²) in [4.78, 5) is 17.5. The number of carbonyl (C=O) groups is 1. The number of nitrogens with one attached hydrogen (secondary N) is 1. The van der Waals surface area contributed by atoms with Crippen molar-refractivity contribution in [2.24, 2.45) is 0 Å². The first-order valence-corrected chi connectivity index (χ1v) is 11.8. The zero-order chi connectivity index (χ0) is 21.5. The molecule has 2 aromatic carbocycles. The Morgan fingerprint density at radius 1 is 1.03 bits per heavy atom. The Hall–Kier alpha value is -2.77. The minimum absolute atomic E-state index is 0.217. The second kappa shape index (κ2) is 8.30. The van der Waals surface area contributed by atoms with E-state index in [1.807, 2.05) is 6.07 Å². The number of hydrogen-bond acceptors (Lipinski definition) is 6. The normalized spacial score (nSPS) is 22.6. The topological polar surface area (TPSA) is 74.5 Å². The lowest BCUT2D eigenvalue weighted by Crippen LogP contribution is -2.46. The molecule has 0 spiro atoms. The molecule has 1 unspecified atom stereocenters. The number of benzene rings is 2. The van der Waals surface area contributed by atoms with Crippen LogP contribution in [0.4, 0.5) is 0 Å². The third-order valence-electron chi connectivity index (χ3n) is 7.46. The predicted octanol–water partition coefficient (Wildman–Crippen LogP) is 3.31. The van der Waals surface area contributed by atoms with E-state index in [0.29, 0.717) is 12.0 Å². The summed E-state index contributed by atoms with van der Waals surface area (Å²) in [5.41, 5.74) is 6.41. The van der Waals surface area contributed by atoms with Gasteiger partial charge in [-0.2, -0.15) is 0 Å². The lowest BCUT2D eigenvalue weighted by Gasteiger charge is -2.32. The summed E-state index contributed by atoms with van der Waals surface area (Å²) in [7, 11) is 0. The van der Waals surface area contributed by atoms with Crippen molar-refractivity contribution in [1.29, 1.82) is 0 Å². The van der Waals surface area contributed by atoms with Crippen LogP contribution >= 0.6 is 0 Å². The Morgan fingerprint density at radius 2 is 1.91 bits per heavy atom. The first-order valence-electron chi connectivity index (χ1n) is 11.8. The van der Waals surface area contributed by atoms with E-state index in [1.54, 1.807) is 0 Å². The van der Waals surface area contributed by atoms with E-state index >= 15 is 0 Å². The third kappa shape index (κ3) is 3.69. The molecule has 166 valence electrons. The molecular weight excluding hydrogens is 402 g/mol. The highest BCUT2D eigenvalue weighted by molar-refractivity contribution is 5.98. The first kappa shape index (κ1) is 19.9. The number of carbonyl (C=O) groups excluding carboxylic acids is 1. The molecule has 7 nitrogen and oxygen atoms in total. The molecule has 3 aromatic rings. The van der Waals surface area contributed by atoms with Crippen LogP contribution in [0.25, 0.3) is 11.0 Å². The van der Waals surface area contributed by atoms with E-state index in [1.165, 1.54) is 16.7 Å². The van der Waals surface area contributed by atoms with Crippen molar-refractivity contribution >= 4 is 16.9 Å². The number of likely N-dealkylation sites (tertiary alicyclic amines) is 1. The Balaban J connectivity index is 1.09. The van der Waals surface area contributed by atoms with E-state index in [-0.39, 0.29) is 5.91 Å². The van der Waals surface area contributed by atoms with Gasteiger partial charge in [-0.15, -0.1) is 0 Å². The SMILES string of the molecule is O=C1c2ccc(C3CCN(Cc4ccc5nonc5c4)CC3)cc2CN1C1CCCNC1. The number of rotatable bonds is 4. The fourth-order valence-electron chi connectivity index (χ4n) is 5.62. The van der Waals surface area contributed by atoms with Crippen LogP contribution in [0, 0.1) is 0 Å². The number of fused-ring (bicyclic) bond motifs is 2. The number of hydrogen-bond donors (Lipinski definition) is 1. The van der Waals surface area contributed by atoms with Crippen molar-refractivity contribution in [3.63, 3.8) is 0 Å². The minimum Gasteiger partial charge on any atom is -0.330 e. The molecule has 1 N–H and O–H groups in total. The van der Waals surface area contributed by atoms with Crippen molar-refractivity contribution in [2.75, 3.05) is 26.2 Å². The van der Waals surface area contributed by atoms with Crippen LogP contribution in [0.15, 0.2) is 41.0 Å². The molecule has 2 fully saturated rings. The highest BCUT2D eigenvalue weighted by Crippen LogP contribution is 2.33. The van der Waals surface area contributed by atoms with Gasteiger partial charge in [-0.05, 0) is 96.4 Å². The second-order valence-electron chi connectivity index (χ2n) is 9.49. The predicted molar refractivity (Wildman–Crippen MR) is 121 cm³/mol. The lowest BCUT2D eigenvalue weighted by molar-refractivity contribution is 0.0674. The molecule has 0 bridgehead atoms. The van der Waals surface area contributed by atoms with E-state index in [2.05, 4.69) is 55.8 Å². The molecule has 6 rings (SSSR count). The number of amides is 1. The molecule has 7 heteroatoms. The maximum Gasteiger partial charge on any atom is 0.254 e. The van der Waals surface area contributed by atoms with E-state index in [0.717, 1.165) is 81.5 Å². The molecule has 3 aliphatic heterocycles. The summed E-state index contributed by atoms with van der Waals surface area (Å²) >= 11 is 0. The van der Waals surface area contributed by atoms with Crippen LogP contribution in [-0.4, -0.2) is 58.2 Å². The lowest BCUT2D eigenvalue weighted by atomic mass is 9.87. The molecule has 0 radical (unpaired) electrons. The fraction of sp³-hybridized carbons (Fsp3) is 0.480. The highest BCUT2D eigenvalue weighted by Gasteiger charge is 2.34. The first-order chi connectivity index (χ1) is 15.7. The average molecular weight is 432 g/mol. The van der Waals surface area contributed by atoms with Gasteiger partial charge in [0.15, 0.2) is 0 Å². The maximum absolute atomic E-state index is 12.9. The summed E-state index contributed by atoms with van der Waals surface area (Å²) in [6, 6.07) is 13.1. The van der Waals surface area contributed by atoms with Crippen LogP contribution in [0.5, 0.6) is 0 Å². The number of piperidine rings is 2. The third-order valence-corrected chi connectivity index (χ3v) is 7.46. The molecule has 3 aliphatic rings. The van der Waals surface area contributed by atoms with Crippen molar-refractivity contribution in [3.8, 4) is 0 Å². The summed E-state index contributed by atoms with van der Waals surface area (Å²) in [5.74, 6) is 0.786. The van der Waals surface area contributed by atoms with Gasteiger partial charge in [0.25, 0.3) is 5.91 Å². The van der Waals surface area contributed by atoms with Crippen molar-refractivity contribution < 1.29 is 9.42 Å². The van der Waals surface area contributed by atoms with Crippen molar-refractivity contribution in [2.45, 2.75) is 50.7 Å².